The predicted molar refractivity (Wildman–Crippen MR) is 81.8 cm³/mol. The number of fused-ring (bicyclic) bond motifs is 1. The summed E-state index contributed by atoms with van der Waals surface area (Å²) in [5, 5.41) is 4.11. The van der Waals surface area contributed by atoms with E-state index in [0.717, 1.165) is 16.0 Å². The average molecular weight is 287 g/mol. The molecule has 0 bridgehead atoms. The molecule has 1 aromatic carbocycles. The van der Waals surface area contributed by atoms with E-state index in [1.807, 2.05) is 7.05 Å². The molecule has 0 atom stereocenters. The average Bonchev–Trinajstić information content (AvgIpc) is 2.73. The summed E-state index contributed by atoms with van der Waals surface area (Å²) < 4.78 is 13.9. The molecule has 0 aliphatic heterocycles. The van der Waals surface area contributed by atoms with Crippen molar-refractivity contribution in [3.8, 4) is 11.4 Å². The quantitative estimate of drug-likeness (QED) is 0.769. The van der Waals surface area contributed by atoms with Crippen molar-refractivity contribution in [3.63, 3.8) is 0 Å². The zero-order chi connectivity index (χ0) is 14.3. The molecule has 0 aliphatic carbocycles. The number of hydrogen-bond donors (Lipinski definition) is 1. The van der Waals surface area contributed by atoms with Gasteiger partial charge < -0.3 is 5.32 Å². The van der Waals surface area contributed by atoms with Crippen LogP contribution in [-0.4, -0.2) is 17.0 Å². The maximum atomic E-state index is 13.9. The number of halogens is 1. The molecule has 0 saturated carbocycles. The van der Waals surface area contributed by atoms with Gasteiger partial charge in [-0.25, -0.2) is 14.4 Å². The molecule has 0 unspecified atom stereocenters. The third-order valence-electron chi connectivity index (χ3n) is 3.38. The summed E-state index contributed by atoms with van der Waals surface area (Å²) in [4.78, 5) is 11.1. The van der Waals surface area contributed by atoms with Gasteiger partial charge in [0.1, 0.15) is 16.5 Å². The summed E-state index contributed by atoms with van der Waals surface area (Å²) >= 11 is 1.61. The Morgan fingerprint density at radius 3 is 2.60 bits per heavy atom. The molecule has 3 nitrogen and oxygen atoms in total. The van der Waals surface area contributed by atoms with Gasteiger partial charge in [-0.15, -0.1) is 11.3 Å². The summed E-state index contributed by atoms with van der Waals surface area (Å²) in [6.45, 7) is 4.12. The monoisotopic (exact) mass is 287 g/mol. The molecule has 102 valence electrons. The van der Waals surface area contributed by atoms with Crippen molar-refractivity contribution in [2.24, 2.45) is 0 Å². The Kier molecular flexibility index (Phi) is 3.14. The summed E-state index contributed by atoms with van der Waals surface area (Å²) in [5.41, 5.74) is 1.60. The Morgan fingerprint density at radius 2 is 1.90 bits per heavy atom. The maximum absolute atomic E-state index is 13.9. The first-order valence-electron chi connectivity index (χ1n) is 6.32. The number of nitrogens with zero attached hydrogens (tertiary/aromatic N) is 2. The lowest BCUT2D eigenvalue weighted by atomic mass is 10.1. The van der Waals surface area contributed by atoms with Gasteiger partial charge in [-0.05, 0) is 31.5 Å². The van der Waals surface area contributed by atoms with Gasteiger partial charge in [0.25, 0.3) is 0 Å². The molecule has 20 heavy (non-hydrogen) atoms. The van der Waals surface area contributed by atoms with Crippen LogP contribution in [0.15, 0.2) is 24.3 Å². The summed E-state index contributed by atoms with van der Waals surface area (Å²) in [7, 11) is 1.82. The van der Waals surface area contributed by atoms with Crippen LogP contribution < -0.4 is 5.32 Å². The Hall–Kier alpha value is -2.01. The lowest BCUT2D eigenvalue weighted by molar-refractivity contribution is 0.630. The fraction of sp³-hybridized carbons (Fsp3) is 0.200. The SMILES string of the molecule is CNc1nc(-c2ccccc2F)nc2sc(C)c(C)c12. The van der Waals surface area contributed by atoms with Crippen molar-refractivity contribution >= 4 is 27.4 Å². The normalized spacial score (nSPS) is 11.0. The van der Waals surface area contributed by atoms with Crippen molar-refractivity contribution in [1.29, 1.82) is 0 Å². The zero-order valence-electron chi connectivity index (χ0n) is 11.5. The molecule has 3 rings (SSSR count). The highest BCUT2D eigenvalue weighted by Gasteiger charge is 2.16. The van der Waals surface area contributed by atoms with E-state index >= 15 is 0 Å². The van der Waals surface area contributed by atoms with Crippen LogP contribution in [0.25, 0.3) is 21.6 Å². The van der Waals surface area contributed by atoms with Crippen molar-refractivity contribution in [3.05, 3.63) is 40.5 Å². The van der Waals surface area contributed by atoms with Crippen molar-refractivity contribution in [2.45, 2.75) is 13.8 Å². The number of anilines is 1. The molecule has 3 aromatic rings. The summed E-state index contributed by atoms with van der Waals surface area (Å²) in [6.07, 6.45) is 0. The Balaban J connectivity index is 2.32. The largest absolute Gasteiger partial charge is 0.372 e. The summed E-state index contributed by atoms with van der Waals surface area (Å²) in [6, 6.07) is 6.57. The number of aryl methyl sites for hydroxylation is 2. The van der Waals surface area contributed by atoms with Gasteiger partial charge in [-0.3, -0.25) is 0 Å². The Labute approximate surface area is 120 Å². The van der Waals surface area contributed by atoms with Gasteiger partial charge in [0, 0.05) is 11.9 Å². The molecule has 0 fully saturated rings. The van der Waals surface area contributed by atoms with Crippen LogP contribution in [0.2, 0.25) is 0 Å². The van der Waals surface area contributed by atoms with Gasteiger partial charge >= 0.3 is 0 Å². The highest BCUT2D eigenvalue weighted by molar-refractivity contribution is 7.18. The molecule has 0 radical (unpaired) electrons. The highest BCUT2D eigenvalue weighted by atomic mass is 32.1. The van der Waals surface area contributed by atoms with Crippen molar-refractivity contribution in [2.75, 3.05) is 12.4 Å². The first-order chi connectivity index (χ1) is 9.61. The van der Waals surface area contributed by atoms with Gasteiger partial charge in [0.05, 0.1) is 10.9 Å². The third-order valence-corrected chi connectivity index (χ3v) is 4.48. The first-order valence-corrected chi connectivity index (χ1v) is 7.14. The van der Waals surface area contributed by atoms with Crippen LogP contribution in [-0.2, 0) is 0 Å². The van der Waals surface area contributed by atoms with E-state index in [1.165, 1.54) is 16.5 Å². The first kappa shape index (κ1) is 13.0. The van der Waals surface area contributed by atoms with Crippen LogP contribution in [0.3, 0.4) is 0 Å². The van der Waals surface area contributed by atoms with E-state index in [0.29, 0.717) is 11.4 Å². The molecular formula is C15H14FN3S. The zero-order valence-corrected chi connectivity index (χ0v) is 12.3. The van der Waals surface area contributed by atoms with Gasteiger partial charge in [-0.2, -0.15) is 0 Å². The van der Waals surface area contributed by atoms with E-state index in [9.17, 15) is 4.39 Å². The Morgan fingerprint density at radius 1 is 1.15 bits per heavy atom. The lowest BCUT2D eigenvalue weighted by Crippen LogP contribution is -1.99. The molecule has 1 N–H and O–H groups in total. The molecule has 0 spiro atoms. The second-order valence-corrected chi connectivity index (χ2v) is 5.79. The summed E-state index contributed by atoms with van der Waals surface area (Å²) in [5.74, 6) is 0.857. The number of nitrogens with one attached hydrogen (secondary N) is 1. The molecule has 0 amide bonds. The van der Waals surface area contributed by atoms with E-state index in [1.54, 1.807) is 29.5 Å². The van der Waals surface area contributed by atoms with Gasteiger partial charge in [-0.1, -0.05) is 12.1 Å². The van der Waals surface area contributed by atoms with Crippen LogP contribution in [0.1, 0.15) is 10.4 Å². The van der Waals surface area contributed by atoms with Crippen LogP contribution in [0.4, 0.5) is 10.2 Å². The second kappa shape index (κ2) is 4.83. The molecular weight excluding hydrogens is 273 g/mol. The van der Waals surface area contributed by atoms with E-state index < -0.39 is 0 Å². The minimum absolute atomic E-state index is 0.307. The standard InChI is InChI=1S/C15H14FN3S/c1-8-9(2)20-15-12(8)14(17-3)18-13(19-15)10-6-4-5-7-11(10)16/h4-7H,1-3H3,(H,17,18,19). The number of rotatable bonds is 2. The minimum atomic E-state index is -0.307. The molecule has 2 aromatic heterocycles. The van der Waals surface area contributed by atoms with E-state index in [4.69, 9.17) is 0 Å². The number of thiophene rings is 1. The third kappa shape index (κ3) is 1.94. The lowest BCUT2D eigenvalue weighted by Gasteiger charge is -2.07. The van der Waals surface area contributed by atoms with Crippen LogP contribution in [0, 0.1) is 19.7 Å². The predicted octanol–water partition coefficient (Wildman–Crippen LogP) is 4.16. The van der Waals surface area contributed by atoms with Crippen molar-refractivity contribution < 1.29 is 4.39 Å². The van der Waals surface area contributed by atoms with Crippen molar-refractivity contribution in [1.82, 2.24) is 9.97 Å². The molecule has 0 aliphatic rings. The van der Waals surface area contributed by atoms with Gasteiger partial charge in [0.15, 0.2) is 5.82 Å². The fourth-order valence-electron chi connectivity index (χ4n) is 2.19. The minimum Gasteiger partial charge on any atom is -0.372 e. The molecule has 2 heterocycles. The number of hydrogen-bond acceptors (Lipinski definition) is 4. The smallest absolute Gasteiger partial charge is 0.166 e. The second-order valence-electron chi connectivity index (χ2n) is 4.59. The van der Waals surface area contributed by atoms with Crippen LogP contribution in [0.5, 0.6) is 0 Å². The van der Waals surface area contributed by atoms with Crippen LogP contribution >= 0.6 is 11.3 Å². The maximum Gasteiger partial charge on any atom is 0.166 e. The molecule has 0 saturated heterocycles. The number of aromatic nitrogens is 2. The van der Waals surface area contributed by atoms with E-state index in [-0.39, 0.29) is 5.82 Å². The van der Waals surface area contributed by atoms with Gasteiger partial charge in [0.2, 0.25) is 0 Å². The molecule has 5 heteroatoms. The topological polar surface area (TPSA) is 37.8 Å². The highest BCUT2D eigenvalue weighted by Crippen LogP contribution is 2.35. The Bertz CT molecular complexity index is 795. The van der Waals surface area contributed by atoms with E-state index in [2.05, 4.69) is 29.1 Å². The number of benzene rings is 1. The fourth-order valence-corrected chi connectivity index (χ4v) is 3.22.